The van der Waals surface area contributed by atoms with Crippen molar-refractivity contribution in [3.63, 3.8) is 0 Å². The first kappa shape index (κ1) is 13.5. The van der Waals surface area contributed by atoms with E-state index in [1.54, 1.807) is 6.07 Å². The van der Waals surface area contributed by atoms with Crippen LogP contribution in [0.3, 0.4) is 0 Å². The first-order valence-corrected chi connectivity index (χ1v) is 6.41. The number of hydrogen-bond donors (Lipinski definition) is 1. The standard InChI is InChI=1S/C14H20FNO2/c1-16-9-11-2-3-14(15)12(8-11)10-18-13-4-6-17-7-5-13/h2-3,8,13,16H,4-7,9-10H2,1H3. The second-order valence-corrected chi connectivity index (χ2v) is 4.58. The molecule has 0 spiro atoms. The molecule has 0 radical (unpaired) electrons. The van der Waals surface area contributed by atoms with Crippen LogP contribution in [0.1, 0.15) is 24.0 Å². The largest absolute Gasteiger partial charge is 0.381 e. The zero-order valence-corrected chi connectivity index (χ0v) is 10.7. The maximum atomic E-state index is 13.6. The van der Waals surface area contributed by atoms with E-state index in [2.05, 4.69) is 5.32 Å². The smallest absolute Gasteiger partial charge is 0.128 e. The quantitative estimate of drug-likeness (QED) is 0.873. The van der Waals surface area contributed by atoms with E-state index in [1.807, 2.05) is 13.1 Å². The SMILES string of the molecule is CNCc1ccc(F)c(COC2CCOCC2)c1. The van der Waals surface area contributed by atoms with Crippen LogP contribution in [0.5, 0.6) is 0 Å². The molecule has 18 heavy (non-hydrogen) atoms. The molecule has 2 rings (SSSR count). The summed E-state index contributed by atoms with van der Waals surface area (Å²) in [5.41, 5.74) is 1.71. The van der Waals surface area contributed by atoms with Crippen LogP contribution >= 0.6 is 0 Å². The van der Waals surface area contributed by atoms with Crippen LogP contribution in [-0.4, -0.2) is 26.4 Å². The van der Waals surface area contributed by atoms with E-state index in [9.17, 15) is 4.39 Å². The van der Waals surface area contributed by atoms with Crippen molar-refractivity contribution in [2.75, 3.05) is 20.3 Å². The van der Waals surface area contributed by atoms with Gasteiger partial charge in [0.1, 0.15) is 5.82 Å². The number of benzene rings is 1. The van der Waals surface area contributed by atoms with Crippen LogP contribution in [0.4, 0.5) is 4.39 Å². The molecule has 1 aliphatic heterocycles. The number of rotatable bonds is 5. The van der Waals surface area contributed by atoms with E-state index in [4.69, 9.17) is 9.47 Å². The third-order valence-electron chi connectivity index (χ3n) is 3.13. The summed E-state index contributed by atoms with van der Waals surface area (Å²) >= 11 is 0. The Morgan fingerprint density at radius 3 is 2.89 bits per heavy atom. The van der Waals surface area contributed by atoms with Gasteiger partial charge in [-0.2, -0.15) is 0 Å². The van der Waals surface area contributed by atoms with Gasteiger partial charge in [0.2, 0.25) is 0 Å². The highest BCUT2D eigenvalue weighted by Gasteiger charge is 2.15. The fourth-order valence-corrected chi connectivity index (χ4v) is 2.10. The summed E-state index contributed by atoms with van der Waals surface area (Å²) in [5, 5.41) is 3.06. The van der Waals surface area contributed by atoms with Crippen LogP contribution < -0.4 is 5.32 Å². The minimum atomic E-state index is -0.193. The summed E-state index contributed by atoms with van der Waals surface area (Å²) < 4.78 is 24.6. The summed E-state index contributed by atoms with van der Waals surface area (Å²) in [4.78, 5) is 0. The molecule has 0 atom stereocenters. The van der Waals surface area contributed by atoms with Crippen molar-refractivity contribution in [2.24, 2.45) is 0 Å². The van der Waals surface area contributed by atoms with Crippen LogP contribution in [0.25, 0.3) is 0 Å². The van der Waals surface area contributed by atoms with Gasteiger partial charge < -0.3 is 14.8 Å². The highest BCUT2D eigenvalue weighted by Crippen LogP contribution is 2.16. The molecule has 1 aromatic carbocycles. The van der Waals surface area contributed by atoms with Crippen LogP contribution in [-0.2, 0) is 22.6 Å². The zero-order chi connectivity index (χ0) is 12.8. The van der Waals surface area contributed by atoms with Gasteiger partial charge in [-0.1, -0.05) is 6.07 Å². The summed E-state index contributed by atoms with van der Waals surface area (Å²) in [7, 11) is 1.88. The van der Waals surface area contributed by atoms with Gasteiger partial charge >= 0.3 is 0 Å². The van der Waals surface area contributed by atoms with Gasteiger partial charge in [0.25, 0.3) is 0 Å². The van der Waals surface area contributed by atoms with Crippen LogP contribution in [0, 0.1) is 5.82 Å². The third-order valence-corrected chi connectivity index (χ3v) is 3.13. The van der Waals surface area contributed by atoms with Crippen molar-refractivity contribution in [2.45, 2.75) is 32.1 Å². The average molecular weight is 253 g/mol. The van der Waals surface area contributed by atoms with Crippen molar-refractivity contribution in [1.29, 1.82) is 0 Å². The molecule has 0 aromatic heterocycles. The molecule has 0 unspecified atom stereocenters. The molecule has 0 saturated carbocycles. The highest BCUT2D eigenvalue weighted by atomic mass is 19.1. The van der Waals surface area contributed by atoms with Crippen LogP contribution in [0.15, 0.2) is 18.2 Å². The van der Waals surface area contributed by atoms with E-state index < -0.39 is 0 Å². The van der Waals surface area contributed by atoms with Gasteiger partial charge in [-0.3, -0.25) is 0 Å². The predicted molar refractivity (Wildman–Crippen MR) is 67.8 cm³/mol. The number of nitrogens with one attached hydrogen (secondary N) is 1. The van der Waals surface area contributed by atoms with Crippen molar-refractivity contribution in [3.05, 3.63) is 35.1 Å². The second kappa shape index (κ2) is 6.83. The van der Waals surface area contributed by atoms with Gasteiger partial charge in [0.15, 0.2) is 0 Å². The van der Waals surface area contributed by atoms with Crippen molar-refractivity contribution in [3.8, 4) is 0 Å². The minimum Gasteiger partial charge on any atom is -0.381 e. The maximum Gasteiger partial charge on any atom is 0.128 e. The Balaban J connectivity index is 1.92. The van der Waals surface area contributed by atoms with E-state index in [0.717, 1.165) is 38.2 Å². The molecule has 1 saturated heterocycles. The molecule has 3 nitrogen and oxygen atoms in total. The Hall–Kier alpha value is -0.970. The topological polar surface area (TPSA) is 30.5 Å². The molecule has 1 fully saturated rings. The van der Waals surface area contributed by atoms with Gasteiger partial charge in [-0.15, -0.1) is 0 Å². The average Bonchev–Trinajstić information content (AvgIpc) is 2.41. The lowest BCUT2D eigenvalue weighted by atomic mass is 10.1. The van der Waals surface area contributed by atoms with Gasteiger partial charge in [0, 0.05) is 25.3 Å². The monoisotopic (exact) mass is 253 g/mol. The molecule has 4 heteroatoms. The first-order valence-electron chi connectivity index (χ1n) is 6.41. The Bertz CT molecular complexity index is 378. The Labute approximate surface area is 107 Å². The van der Waals surface area contributed by atoms with Gasteiger partial charge in [-0.05, 0) is 37.6 Å². The molecule has 1 heterocycles. The van der Waals surface area contributed by atoms with Crippen molar-refractivity contribution < 1.29 is 13.9 Å². The van der Waals surface area contributed by atoms with Crippen LogP contribution in [0.2, 0.25) is 0 Å². The Morgan fingerprint density at radius 1 is 1.39 bits per heavy atom. The normalized spacial score (nSPS) is 17.0. The first-order chi connectivity index (χ1) is 8.79. The van der Waals surface area contributed by atoms with Crippen molar-refractivity contribution in [1.82, 2.24) is 5.32 Å². The predicted octanol–water partition coefficient (Wildman–Crippen LogP) is 2.24. The van der Waals surface area contributed by atoms with Gasteiger partial charge in [-0.25, -0.2) is 4.39 Å². The third kappa shape index (κ3) is 3.77. The molecule has 0 amide bonds. The fourth-order valence-electron chi connectivity index (χ4n) is 2.10. The fraction of sp³-hybridized carbons (Fsp3) is 0.571. The van der Waals surface area contributed by atoms with E-state index in [0.29, 0.717) is 12.2 Å². The van der Waals surface area contributed by atoms with Gasteiger partial charge in [0.05, 0.1) is 12.7 Å². The minimum absolute atomic E-state index is 0.193. The van der Waals surface area contributed by atoms with E-state index in [-0.39, 0.29) is 11.9 Å². The molecule has 0 bridgehead atoms. The lowest BCUT2D eigenvalue weighted by Gasteiger charge is -2.22. The number of hydrogen-bond acceptors (Lipinski definition) is 3. The lowest BCUT2D eigenvalue weighted by molar-refractivity contribution is -0.0397. The summed E-state index contributed by atoms with van der Waals surface area (Å²) in [6.45, 7) is 2.57. The Kier molecular flexibility index (Phi) is 5.11. The molecule has 100 valence electrons. The highest BCUT2D eigenvalue weighted by molar-refractivity contribution is 5.24. The maximum absolute atomic E-state index is 13.6. The molecule has 1 aliphatic rings. The molecule has 0 aliphatic carbocycles. The summed E-state index contributed by atoms with van der Waals surface area (Å²) in [5.74, 6) is -0.193. The number of halogens is 1. The lowest BCUT2D eigenvalue weighted by Crippen LogP contribution is -2.23. The summed E-state index contributed by atoms with van der Waals surface area (Å²) in [6.07, 6.45) is 2.00. The zero-order valence-electron chi connectivity index (χ0n) is 10.7. The molecular formula is C14H20FNO2. The van der Waals surface area contributed by atoms with E-state index >= 15 is 0 Å². The Morgan fingerprint density at radius 2 is 2.17 bits per heavy atom. The molecular weight excluding hydrogens is 233 g/mol. The molecule has 1 aromatic rings. The molecule has 1 N–H and O–H groups in total. The van der Waals surface area contributed by atoms with Crippen molar-refractivity contribution >= 4 is 0 Å². The van der Waals surface area contributed by atoms with E-state index in [1.165, 1.54) is 6.07 Å². The number of ether oxygens (including phenoxy) is 2. The summed E-state index contributed by atoms with van der Waals surface area (Å²) in [6, 6.07) is 5.17. The second-order valence-electron chi connectivity index (χ2n) is 4.58.